The van der Waals surface area contributed by atoms with Crippen LogP contribution >= 0.6 is 0 Å². The van der Waals surface area contributed by atoms with Gasteiger partial charge in [-0.1, -0.05) is 30.3 Å². The lowest BCUT2D eigenvalue weighted by Crippen LogP contribution is -2.37. The largest absolute Gasteiger partial charge is 0.454 e. The second-order valence-electron chi connectivity index (χ2n) is 4.87. The number of alkyl halides is 3. The van der Waals surface area contributed by atoms with Crippen molar-refractivity contribution >= 4 is 5.78 Å². The summed E-state index contributed by atoms with van der Waals surface area (Å²) in [6.45, 7) is 0.397. The Bertz CT molecular complexity index is 525. The van der Waals surface area contributed by atoms with Gasteiger partial charge in [0.2, 0.25) is 0 Å². The van der Waals surface area contributed by atoms with E-state index in [0.717, 1.165) is 5.56 Å². The van der Waals surface area contributed by atoms with E-state index in [1.54, 1.807) is 4.90 Å². The van der Waals surface area contributed by atoms with Crippen LogP contribution in [0.4, 0.5) is 13.2 Å². The molecule has 114 valence electrons. The molecule has 0 aliphatic carbocycles. The molecule has 1 heterocycles. The third-order valence-electron chi connectivity index (χ3n) is 3.38. The topological polar surface area (TPSA) is 29.5 Å². The predicted octanol–water partition coefficient (Wildman–Crippen LogP) is 3.27. The molecular formula is C15H16F3NO2. The van der Waals surface area contributed by atoms with Gasteiger partial charge in [-0.15, -0.1) is 0 Å². The van der Waals surface area contributed by atoms with Gasteiger partial charge in [-0.3, -0.25) is 4.79 Å². The van der Waals surface area contributed by atoms with Gasteiger partial charge in [0, 0.05) is 25.4 Å². The summed E-state index contributed by atoms with van der Waals surface area (Å²) in [4.78, 5) is 13.0. The number of hydrogen-bond acceptors (Lipinski definition) is 3. The number of rotatable bonds is 4. The van der Waals surface area contributed by atoms with Crippen LogP contribution in [0.25, 0.3) is 0 Å². The van der Waals surface area contributed by atoms with E-state index in [1.165, 1.54) is 13.3 Å². The molecule has 0 saturated heterocycles. The molecule has 0 saturated carbocycles. The Hall–Kier alpha value is -1.82. The van der Waals surface area contributed by atoms with Crippen molar-refractivity contribution in [1.29, 1.82) is 0 Å². The highest BCUT2D eigenvalue weighted by atomic mass is 19.4. The molecule has 21 heavy (non-hydrogen) atoms. The minimum Gasteiger partial charge on any atom is -0.362 e. The van der Waals surface area contributed by atoms with Crippen LogP contribution in [0.3, 0.4) is 0 Å². The number of Topliss-reactive ketones (excluding diaryl/α,β-unsaturated/α-hetero) is 1. The molecule has 0 amide bonds. The van der Waals surface area contributed by atoms with Crippen molar-refractivity contribution < 1.29 is 22.7 Å². The number of carbonyl (C=O) groups excluding carboxylic acids is 1. The van der Waals surface area contributed by atoms with Gasteiger partial charge < -0.3 is 9.64 Å². The number of carbonyl (C=O) groups is 1. The van der Waals surface area contributed by atoms with Crippen molar-refractivity contribution in [1.82, 2.24) is 4.90 Å². The lowest BCUT2D eigenvalue weighted by atomic mass is 10.0. The van der Waals surface area contributed by atoms with Crippen molar-refractivity contribution in [3.05, 3.63) is 47.7 Å². The van der Waals surface area contributed by atoms with E-state index in [1.807, 2.05) is 30.3 Å². The molecule has 1 unspecified atom stereocenters. The highest BCUT2D eigenvalue weighted by Crippen LogP contribution is 2.29. The summed E-state index contributed by atoms with van der Waals surface area (Å²) in [6, 6.07) is 9.32. The number of benzene rings is 1. The van der Waals surface area contributed by atoms with Crippen LogP contribution in [0.15, 0.2) is 42.1 Å². The van der Waals surface area contributed by atoms with Crippen molar-refractivity contribution in [2.24, 2.45) is 0 Å². The van der Waals surface area contributed by atoms with Gasteiger partial charge in [-0.25, -0.2) is 0 Å². The van der Waals surface area contributed by atoms with E-state index in [-0.39, 0.29) is 18.2 Å². The third kappa shape index (κ3) is 3.85. The smallest absolute Gasteiger partial charge is 0.362 e. The molecule has 1 aliphatic heterocycles. The monoisotopic (exact) mass is 299 g/mol. The molecule has 1 aromatic rings. The predicted molar refractivity (Wildman–Crippen MR) is 71.2 cm³/mol. The van der Waals surface area contributed by atoms with Gasteiger partial charge in [0.15, 0.2) is 0 Å². The minimum absolute atomic E-state index is 0.0716. The molecule has 1 aliphatic rings. The van der Waals surface area contributed by atoms with Gasteiger partial charge >= 0.3 is 6.18 Å². The normalized spacial score (nSPS) is 19.3. The van der Waals surface area contributed by atoms with Crippen molar-refractivity contribution in [2.45, 2.75) is 31.8 Å². The first-order chi connectivity index (χ1) is 9.91. The SMILES string of the molecule is COC1CCC(C(=O)C(F)(F)F)=CN1Cc1ccccc1. The Morgan fingerprint density at radius 3 is 2.57 bits per heavy atom. The lowest BCUT2D eigenvalue weighted by Gasteiger charge is -2.34. The Morgan fingerprint density at radius 2 is 2.00 bits per heavy atom. The highest BCUT2D eigenvalue weighted by molar-refractivity contribution is 5.99. The van der Waals surface area contributed by atoms with E-state index in [2.05, 4.69) is 0 Å². The second-order valence-corrected chi connectivity index (χ2v) is 4.87. The third-order valence-corrected chi connectivity index (χ3v) is 3.38. The lowest BCUT2D eigenvalue weighted by molar-refractivity contribution is -0.167. The van der Waals surface area contributed by atoms with Crippen LogP contribution in [-0.4, -0.2) is 30.2 Å². The molecule has 3 nitrogen and oxygen atoms in total. The van der Waals surface area contributed by atoms with Gasteiger partial charge in [-0.2, -0.15) is 13.2 Å². The van der Waals surface area contributed by atoms with Crippen LogP contribution in [0.1, 0.15) is 18.4 Å². The second kappa shape index (κ2) is 6.30. The molecule has 0 aromatic heterocycles. The first-order valence-electron chi connectivity index (χ1n) is 6.56. The Labute approximate surface area is 121 Å². The summed E-state index contributed by atoms with van der Waals surface area (Å²) < 4.78 is 42.9. The van der Waals surface area contributed by atoms with Crippen LogP contribution in [-0.2, 0) is 16.1 Å². The van der Waals surface area contributed by atoms with Crippen molar-refractivity contribution in [2.75, 3.05) is 7.11 Å². The average Bonchev–Trinajstić information content (AvgIpc) is 2.46. The van der Waals surface area contributed by atoms with Gasteiger partial charge in [0.1, 0.15) is 6.23 Å². The van der Waals surface area contributed by atoms with Crippen molar-refractivity contribution in [3.63, 3.8) is 0 Å². The van der Waals surface area contributed by atoms with Gasteiger partial charge in [0.05, 0.1) is 0 Å². The maximum absolute atomic E-state index is 12.5. The van der Waals surface area contributed by atoms with Crippen LogP contribution in [0.2, 0.25) is 0 Å². The highest BCUT2D eigenvalue weighted by Gasteiger charge is 2.41. The standard InChI is InChI=1S/C15H16F3NO2/c1-21-13-8-7-12(14(20)15(16,17)18)10-19(13)9-11-5-3-2-4-6-11/h2-6,10,13H,7-9H2,1H3. The van der Waals surface area contributed by atoms with E-state index in [9.17, 15) is 18.0 Å². The Balaban J connectivity index is 2.20. The minimum atomic E-state index is -4.83. The summed E-state index contributed by atoms with van der Waals surface area (Å²) >= 11 is 0. The maximum atomic E-state index is 12.5. The molecule has 1 atom stereocenters. The maximum Gasteiger partial charge on any atom is 0.454 e. The summed E-state index contributed by atoms with van der Waals surface area (Å²) in [5.74, 6) is -1.77. The fraction of sp³-hybridized carbons (Fsp3) is 0.400. The average molecular weight is 299 g/mol. The van der Waals surface area contributed by atoms with Gasteiger partial charge in [-0.05, 0) is 18.4 Å². The number of ether oxygens (including phenoxy) is 1. The zero-order valence-electron chi connectivity index (χ0n) is 11.6. The summed E-state index contributed by atoms with van der Waals surface area (Å²) in [7, 11) is 1.51. The number of allylic oxidation sites excluding steroid dienone is 1. The first-order valence-corrected chi connectivity index (χ1v) is 6.56. The molecule has 0 N–H and O–H groups in total. The fourth-order valence-electron chi connectivity index (χ4n) is 2.34. The van der Waals surface area contributed by atoms with Gasteiger partial charge in [0.25, 0.3) is 5.78 Å². The number of methoxy groups -OCH3 is 1. The van der Waals surface area contributed by atoms with Crippen LogP contribution < -0.4 is 0 Å². The summed E-state index contributed by atoms with van der Waals surface area (Å²) in [5, 5.41) is 0. The number of ketones is 1. The zero-order valence-corrected chi connectivity index (χ0v) is 11.6. The Kier molecular flexibility index (Phi) is 4.67. The molecule has 0 spiro atoms. The van der Waals surface area contributed by atoms with E-state index in [4.69, 9.17) is 4.74 Å². The fourth-order valence-corrected chi connectivity index (χ4v) is 2.34. The molecule has 2 rings (SSSR count). The molecule has 1 aromatic carbocycles. The number of halogens is 3. The Morgan fingerprint density at radius 1 is 1.33 bits per heavy atom. The van der Waals surface area contributed by atoms with E-state index >= 15 is 0 Å². The molecule has 0 fully saturated rings. The molecular weight excluding hydrogens is 283 g/mol. The molecule has 0 radical (unpaired) electrons. The quantitative estimate of drug-likeness (QED) is 0.854. The molecule has 0 bridgehead atoms. The van der Waals surface area contributed by atoms with Crippen molar-refractivity contribution in [3.8, 4) is 0 Å². The van der Waals surface area contributed by atoms with E-state index in [0.29, 0.717) is 13.0 Å². The molecule has 6 heteroatoms. The zero-order chi connectivity index (χ0) is 15.5. The number of nitrogens with zero attached hydrogens (tertiary/aromatic N) is 1. The van der Waals surface area contributed by atoms with E-state index < -0.39 is 12.0 Å². The first kappa shape index (κ1) is 15.6. The number of hydrogen-bond donors (Lipinski definition) is 0. The summed E-state index contributed by atoms with van der Waals surface area (Å²) in [5.41, 5.74) is 0.725. The van der Waals surface area contributed by atoms with Crippen LogP contribution in [0.5, 0.6) is 0 Å². The van der Waals surface area contributed by atoms with Crippen LogP contribution in [0, 0.1) is 0 Å². The summed E-state index contributed by atoms with van der Waals surface area (Å²) in [6.07, 6.45) is -3.45.